The van der Waals surface area contributed by atoms with Crippen molar-refractivity contribution >= 4 is 5.91 Å². The van der Waals surface area contributed by atoms with E-state index in [9.17, 15) is 4.79 Å². The van der Waals surface area contributed by atoms with Gasteiger partial charge in [-0.3, -0.25) is 4.79 Å². The Morgan fingerprint density at radius 2 is 1.61 bits per heavy atom. The summed E-state index contributed by atoms with van der Waals surface area (Å²) in [5.74, 6) is 2.69. The summed E-state index contributed by atoms with van der Waals surface area (Å²) in [4.78, 5) is 12.6. The van der Waals surface area contributed by atoms with Crippen LogP contribution in [0.25, 0.3) is 0 Å². The van der Waals surface area contributed by atoms with Gasteiger partial charge in [0.15, 0.2) is 0 Å². The molecule has 148 valence electrons. The first kappa shape index (κ1) is 20.0. The highest BCUT2D eigenvalue weighted by molar-refractivity contribution is 5.76. The van der Waals surface area contributed by atoms with E-state index in [4.69, 9.17) is 8.83 Å². The van der Waals surface area contributed by atoms with Crippen LogP contribution in [0.5, 0.6) is 0 Å². The molecule has 1 aromatic carbocycles. The summed E-state index contributed by atoms with van der Waals surface area (Å²) in [5, 5.41) is 3.09. The van der Waals surface area contributed by atoms with Gasteiger partial charge in [0.2, 0.25) is 5.91 Å². The Morgan fingerprint density at radius 3 is 2.21 bits per heavy atom. The number of rotatable bonds is 10. The highest BCUT2D eigenvalue weighted by Gasteiger charge is 2.21. The summed E-state index contributed by atoms with van der Waals surface area (Å²) in [6, 6.07) is 18.0. The average molecular weight is 380 g/mol. The summed E-state index contributed by atoms with van der Waals surface area (Å²) >= 11 is 0. The van der Waals surface area contributed by atoms with Crippen LogP contribution < -0.4 is 5.32 Å². The molecule has 0 saturated heterocycles. The summed E-state index contributed by atoms with van der Waals surface area (Å²) in [7, 11) is 0. The SMILES string of the molecule is CC(C)[C@@H](CCNC(=O)C[C@@H](Cc1ccccc1)c1ccco1)c1ccco1. The molecule has 0 unspecified atom stereocenters. The van der Waals surface area contributed by atoms with Crippen molar-refractivity contribution in [3.05, 3.63) is 84.2 Å². The molecule has 3 aromatic rings. The number of furan rings is 2. The molecule has 0 radical (unpaired) electrons. The van der Waals surface area contributed by atoms with Gasteiger partial charge in [0.25, 0.3) is 0 Å². The van der Waals surface area contributed by atoms with Gasteiger partial charge in [0.1, 0.15) is 11.5 Å². The van der Waals surface area contributed by atoms with Crippen molar-refractivity contribution in [1.82, 2.24) is 5.32 Å². The lowest BCUT2D eigenvalue weighted by atomic mass is 9.90. The lowest BCUT2D eigenvalue weighted by Gasteiger charge is -2.19. The smallest absolute Gasteiger partial charge is 0.220 e. The zero-order valence-corrected chi connectivity index (χ0v) is 16.6. The fourth-order valence-electron chi connectivity index (χ4n) is 3.66. The maximum atomic E-state index is 12.6. The predicted octanol–water partition coefficient (Wildman–Crippen LogP) is 5.54. The molecular weight excluding hydrogens is 350 g/mol. The molecule has 4 heteroatoms. The Balaban J connectivity index is 1.55. The minimum atomic E-state index is 0.0309. The van der Waals surface area contributed by atoms with Crippen molar-refractivity contribution in [3.8, 4) is 0 Å². The van der Waals surface area contributed by atoms with Gasteiger partial charge in [-0.1, -0.05) is 44.2 Å². The Hall–Kier alpha value is -2.75. The first-order valence-electron chi connectivity index (χ1n) is 10.0. The van der Waals surface area contributed by atoms with E-state index < -0.39 is 0 Å². The molecule has 28 heavy (non-hydrogen) atoms. The van der Waals surface area contributed by atoms with E-state index in [1.807, 2.05) is 42.5 Å². The second-order valence-electron chi connectivity index (χ2n) is 7.61. The quantitative estimate of drug-likeness (QED) is 0.503. The molecule has 2 aromatic heterocycles. The van der Waals surface area contributed by atoms with Crippen LogP contribution in [0.4, 0.5) is 0 Å². The van der Waals surface area contributed by atoms with Gasteiger partial charge in [0.05, 0.1) is 12.5 Å². The van der Waals surface area contributed by atoms with Crippen molar-refractivity contribution in [2.24, 2.45) is 5.92 Å². The van der Waals surface area contributed by atoms with Crippen LogP contribution in [0.15, 0.2) is 76.0 Å². The summed E-state index contributed by atoms with van der Waals surface area (Å²) in [6.07, 6.45) is 5.43. The van der Waals surface area contributed by atoms with E-state index in [2.05, 4.69) is 31.3 Å². The molecule has 0 saturated carbocycles. The third kappa shape index (κ3) is 5.62. The van der Waals surface area contributed by atoms with Gasteiger partial charge in [-0.05, 0) is 48.6 Å². The van der Waals surface area contributed by atoms with Crippen LogP contribution in [0, 0.1) is 5.92 Å². The fourth-order valence-corrected chi connectivity index (χ4v) is 3.66. The molecule has 1 amide bonds. The van der Waals surface area contributed by atoms with Crippen molar-refractivity contribution in [2.45, 2.75) is 44.9 Å². The van der Waals surface area contributed by atoms with Gasteiger partial charge >= 0.3 is 0 Å². The molecular formula is C24H29NO3. The van der Waals surface area contributed by atoms with Gasteiger partial charge in [0, 0.05) is 24.8 Å². The maximum Gasteiger partial charge on any atom is 0.220 e. The van der Waals surface area contributed by atoms with Crippen LogP contribution in [0.2, 0.25) is 0 Å². The second-order valence-corrected chi connectivity index (χ2v) is 7.61. The van der Waals surface area contributed by atoms with E-state index >= 15 is 0 Å². The third-order valence-corrected chi connectivity index (χ3v) is 5.19. The van der Waals surface area contributed by atoms with Crippen LogP contribution in [0.1, 0.15) is 55.6 Å². The predicted molar refractivity (Wildman–Crippen MR) is 110 cm³/mol. The van der Waals surface area contributed by atoms with Crippen LogP contribution >= 0.6 is 0 Å². The number of benzene rings is 1. The van der Waals surface area contributed by atoms with Crippen LogP contribution in [-0.2, 0) is 11.2 Å². The highest BCUT2D eigenvalue weighted by atomic mass is 16.3. The average Bonchev–Trinajstić information content (AvgIpc) is 3.39. The second kappa shape index (κ2) is 9.98. The zero-order valence-electron chi connectivity index (χ0n) is 16.6. The topological polar surface area (TPSA) is 55.4 Å². The lowest BCUT2D eigenvalue weighted by Crippen LogP contribution is -2.28. The van der Waals surface area contributed by atoms with E-state index in [1.54, 1.807) is 12.5 Å². The van der Waals surface area contributed by atoms with Crippen LogP contribution in [-0.4, -0.2) is 12.5 Å². The number of nitrogens with one attached hydrogen (secondary N) is 1. The minimum absolute atomic E-state index is 0.0309. The Morgan fingerprint density at radius 1 is 0.929 bits per heavy atom. The first-order valence-corrected chi connectivity index (χ1v) is 10.0. The van der Waals surface area contributed by atoms with E-state index in [0.29, 0.717) is 24.8 Å². The van der Waals surface area contributed by atoms with Crippen molar-refractivity contribution in [2.75, 3.05) is 6.54 Å². The van der Waals surface area contributed by atoms with E-state index in [0.717, 1.165) is 24.4 Å². The van der Waals surface area contributed by atoms with Gasteiger partial charge in [-0.2, -0.15) is 0 Å². The Bertz CT molecular complexity index is 807. The normalized spacial score (nSPS) is 13.4. The number of hydrogen-bond acceptors (Lipinski definition) is 3. The van der Waals surface area contributed by atoms with Crippen molar-refractivity contribution in [1.29, 1.82) is 0 Å². The van der Waals surface area contributed by atoms with Crippen molar-refractivity contribution < 1.29 is 13.6 Å². The Labute approximate surface area is 166 Å². The van der Waals surface area contributed by atoms with E-state index in [-0.39, 0.29) is 11.8 Å². The zero-order chi connectivity index (χ0) is 19.8. The highest BCUT2D eigenvalue weighted by Crippen LogP contribution is 2.28. The number of hydrogen-bond donors (Lipinski definition) is 1. The van der Waals surface area contributed by atoms with Gasteiger partial charge in [-0.25, -0.2) is 0 Å². The number of carbonyl (C=O) groups is 1. The molecule has 0 bridgehead atoms. The molecule has 0 spiro atoms. The largest absolute Gasteiger partial charge is 0.469 e. The van der Waals surface area contributed by atoms with Crippen molar-refractivity contribution in [3.63, 3.8) is 0 Å². The lowest BCUT2D eigenvalue weighted by molar-refractivity contribution is -0.121. The molecule has 4 nitrogen and oxygen atoms in total. The maximum absolute atomic E-state index is 12.6. The molecule has 2 atom stereocenters. The monoisotopic (exact) mass is 379 g/mol. The molecule has 2 heterocycles. The standard InChI is InChI=1S/C24H29NO3/c1-18(2)21(23-11-7-15-28-23)12-13-25-24(26)17-20(22-10-6-14-27-22)16-19-8-4-3-5-9-19/h3-11,14-15,18,20-21H,12-13,16-17H2,1-2H3,(H,25,26)/t20-,21-/m1/s1. The molecule has 1 N–H and O–H groups in total. The first-order chi connectivity index (χ1) is 13.6. The van der Waals surface area contributed by atoms with E-state index in [1.165, 1.54) is 5.56 Å². The van der Waals surface area contributed by atoms with Gasteiger partial charge in [-0.15, -0.1) is 0 Å². The number of carbonyl (C=O) groups excluding carboxylic acids is 1. The fraction of sp³-hybridized carbons (Fsp3) is 0.375. The molecule has 0 fully saturated rings. The molecule has 3 rings (SSSR count). The third-order valence-electron chi connectivity index (χ3n) is 5.19. The Kier molecular flexibility index (Phi) is 7.12. The molecule has 0 aliphatic heterocycles. The summed E-state index contributed by atoms with van der Waals surface area (Å²) in [5.41, 5.74) is 1.20. The number of amides is 1. The molecule has 0 aliphatic carbocycles. The molecule has 0 aliphatic rings. The summed E-state index contributed by atoms with van der Waals surface area (Å²) in [6.45, 7) is 5.00. The summed E-state index contributed by atoms with van der Waals surface area (Å²) < 4.78 is 11.2. The van der Waals surface area contributed by atoms with Gasteiger partial charge < -0.3 is 14.2 Å². The minimum Gasteiger partial charge on any atom is -0.469 e. The van der Waals surface area contributed by atoms with Crippen LogP contribution in [0.3, 0.4) is 0 Å².